The summed E-state index contributed by atoms with van der Waals surface area (Å²) in [7, 11) is 1.81. The molecule has 37 heavy (non-hydrogen) atoms. The third-order valence-electron chi connectivity index (χ3n) is 5.76. The van der Waals surface area contributed by atoms with Crippen molar-refractivity contribution in [3.63, 3.8) is 0 Å². The fraction of sp³-hybridized carbons (Fsp3) is 0.440. The third kappa shape index (κ3) is 10.5. The fourth-order valence-corrected chi connectivity index (χ4v) is 3.63. The molecule has 0 unspecified atom stereocenters. The Morgan fingerprint density at radius 1 is 1.11 bits per heavy atom. The number of ketones is 1. The number of amides is 2. The average molecular weight is 527 g/mol. The van der Waals surface area contributed by atoms with Gasteiger partial charge in [-0.05, 0) is 74.7 Å². The molecule has 2 amide bonds. The molecule has 0 bridgehead atoms. The number of urea groups is 1. The van der Waals surface area contributed by atoms with E-state index >= 15 is 0 Å². The van der Waals surface area contributed by atoms with Gasteiger partial charge in [-0.3, -0.25) is 14.7 Å². The number of rotatable bonds is 7. The van der Waals surface area contributed by atoms with Crippen molar-refractivity contribution in [2.24, 2.45) is 5.92 Å². The second kappa shape index (κ2) is 13.7. The van der Waals surface area contributed by atoms with Crippen LogP contribution in [0.2, 0.25) is 0 Å². The van der Waals surface area contributed by atoms with Gasteiger partial charge in [0, 0.05) is 25.4 Å². The maximum absolute atomic E-state index is 13.0. The Balaban J connectivity index is 0.000000604. The number of halogens is 4. The zero-order valence-corrected chi connectivity index (χ0v) is 20.6. The third-order valence-corrected chi connectivity index (χ3v) is 5.76. The molecule has 202 valence electrons. The van der Waals surface area contributed by atoms with Crippen LogP contribution in [-0.2, 0) is 11.3 Å². The molecule has 2 N–H and O–H groups in total. The SMILES string of the molecule is Cc1ccc(CNC(=O)N(C)CC2CCN(CC(=O)c3ccc(F)cc3)CC2)nc1.O=C(O)C(F)(F)F. The van der Waals surface area contributed by atoms with Gasteiger partial charge >= 0.3 is 18.2 Å². The molecule has 0 spiro atoms. The maximum atomic E-state index is 13.0. The zero-order valence-electron chi connectivity index (χ0n) is 20.6. The minimum atomic E-state index is -5.08. The molecule has 1 fully saturated rings. The van der Waals surface area contributed by atoms with Crippen molar-refractivity contribution in [1.82, 2.24) is 20.1 Å². The number of nitrogens with one attached hydrogen (secondary N) is 1. The molecule has 1 aromatic carbocycles. The highest BCUT2D eigenvalue weighted by Gasteiger charge is 2.38. The van der Waals surface area contributed by atoms with E-state index in [1.807, 2.05) is 26.1 Å². The first-order valence-corrected chi connectivity index (χ1v) is 11.6. The molecule has 0 radical (unpaired) electrons. The summed E-state index contributed by atoms with van der Waals surface area (Å²) in [4.78, 5) is 41.7. The molecule has 0 atom stereocenters. The molecule has 3 rings (SSSR count). The van der Waals surface area contributed by atoms with Crippen LogP contribution in [0, 0.1) is 18.7 Å². The Morgan fingerprint density at radius 2 is 1.70 bits per heavy atom. The van der Waals surface area contributed by atoms with E-state index in [9.17, 15) is 27.2 Å². The van der Waals surface area contributed by atoms with Crippen LogP contribution in [0.5, 0.6) is 0 Å². The Kier molecular flexibility index (Phi) is 11.0. The van der Waals surface area contributed by atoms with Gasteiger partial charge < -0.3 is 15.3 Å². The van der Waals surface area contributed by atoms with Gasteiger partial charge in [-0.25, -0.2) is 14.0 Å². The number of Topliss-reactive ketones (excluding diaryl/α,β-unsaturated/α-hetero) is 1. The number of pyridine rings is 1. The summed E-state index contributed by atoms with van der Waals surface area (Å²) in [5.41, 5.74) is 2.47. The molecule has 12 heteroatoms. The number of hydrogen-bond donors (Lipinski definition) is 2. The minimum Gasteiger partial charge on any atom is -0.475 e. The topological polar surface area (TPSA) is 103 Å². The highest BCUT2D eigenvalue weighted by Crippen LogP contribution is 2.19. The highest BCUT2D eigenvalue weighted by atomic mass is 19.4. The Hall–Kier alpha value is -3.54. The molecule has 1 saturated heterocycles. The number of aliphatic carboxylic acids is 1. The summed E-state index contributed by atoms with van der Waals surface area (Å²) < 4.78 is 44.7. The van der Waals surface area contributed by atoms with Gasteiger partial charge in [0.2, 0.25) is 0 Å². The van der Waals surface area contributed by atoms with Gasteiger partial charge in [-0.2, -0.15) is 13.2 Å². The van der Waals surface area contributed by atoms with Crippen molar-refractivity contribution in [3.8, 4) is 0 Å². The lowest BCUT2D eigenvalue weighted by Gasteiger charge is -2.33. The minimum absolute atomic E-state index is 0.00895. The number of hydrogen-bond acceptors (Lipinski definition) is 5. The second-order valence-corrected chi connectivity index (χ2v) is 8.82. The predicted molar refractivity (Wildman–Crippen MR) is 127 cm³/mol. The number of carbonyl (C=O) groups is 3. The number of carboxylic acid groups (broad SMARTS) is 1. The molecule has 1 aliphatic rings. The van der Waals surface area contributed by atoms with Gasteiger partial charge in [0.1, 0.15) is 5.82 Å². The van der Waals surface area contributed by atoms with Crippen molar-refractivity contribution in [1.29, 1.82) is 0 Å². The first-order valence-electron chi connectivity index (χ1n) is 11.6. The summed E-state index contributed by atoms with van der Waals surface area (Å²) in [5.74, 6) is -2.67. The normalized spacial score (nSPS) is 14.3. The lowest BCUT2D eigenvalue weighted by Crippen LogP contribution is -2.43. The Labute approximate surface area is 212 Å². The van der Waals surface area contributed by atoms with Crippen molar-refractivity contribution in [3.05, 3.63) is 65.2 Å². The van der Waals surface area contributed by atoms with Gasteiger partial charge in [-0.15, -0.1) is 0 Å². The number of alkyl halides is 3. The molecule has 1 aromatic heterocycles. The first kappa shape index (κ1) is 29.7. The quantitative estimate of drug-likeness (QED) is 0.419. The largest absolute Gasteiger partial charge is 0.490 e. The Bertz CT molecular complexity index is 1040. The van der Waals surface area contributed by atoms with E-state index in [1.165, 1.54) is 24.3 Å². The van der Waals surface area contributed by atoms with Crippen LogP contribution in [0.15, 0.2) is 42.6 Å². The maximum Gasteiger partial charge on any atom is 0.490 e. The summed E-state index contributed by atoms with van der Waals surface area (Å²) in [6.07, 6.45) is -1.42. The standard InChI is InChI=1S/C23H29FN4O2.C2HF3O2/c1-17-3-8-21(25-13-17)14-26-23(30)27(2)15-18-9-11-28(12-10-18)16-22(29)19-4-6-20(24)7-5-19;3-2(4,5)1(6)7/h3-8,13,18H,9-12,14-16H2,1-2H3,(H,26,30);(H,6,7). The number of nitrogens with zero attached hydrogens (tertiary/aromatic N) is 3. The van der Waals surface area contributed by atoms with Gasteiger partial charge in [0.05, 0.1) is 18.8 Å². The molecular formula is C25H30F4N4O4. The summed E-state index contributed by atoms with van der Waals surface area (Å²) in [5, 5.41) is 10.0. The van der Waals surface area contributed by atoms with Crippen molar-refractivity contribution in [2.75, 3.05) is 33.2 Å². The van der Waals surface area contributed by atoms with E-state index in [1.54, 1.807) is 11.1 Å². The van der Waals surface area contributed by atoms with Crippen molar-refractivity contribution < 1.29 is 37.1 Å². The summed E-state index contributed by atoms with van der Waals surface area (Å²) >= 11 is 0. The number of likely N-dealkylation sites (tertiary alicyclic amines) is 1. The fourth-order valence-electron chi connectivity index (χ4n) is 3.63. The molecule has 0 aliphatic carbocycles. The zero-order chi connectivity index (χ0) is 27.6. The van der Waals surface area contributed by atoms with E-state index in [4.69, 9.17) is 9.90 Å². The van der Waals surface area contributed by atoms with Crippen LogP contribution in [0.25, 0.3) is 0 Å². The van der Waals surface area contributed by atoms with E-state index in [0.29, 0.717) is 31.1 Å². The monoisotopic (exact) mass is 526 g/mol. The lowest BCUT2D eigenvalue weighted by atomic mass is 9.96. The molecule has 1 aliphatic heterocycles. The highest BCUT2D eigenvalue weighted by molar-refractivity contribution is 5.97. The van der Waals surface area contributed by atoms with E-state index in [0.717, 1.165) is 37.2 Å². The average Bonchev–Trinajstić information content (AvgIpc) is 2.85. The number of aryl methyl sites for hydroxylation is 1. The number of carboxylic acids is 1. The van der Waals surface area contributed by atoms with E-state index < -0.39 is 12.1 Å². The number of benzene rings is 1. The van der Waals surface area contributed by atoms with Crippen LogP contribution in [0.3, 0.4) is 0 Å². The van der Waals surface area contributed by atoms with Gasteiger partial charge in [0.15, 0.2) is 5.78 Å². The van der Waals surface area contributed by atoms with Crippen molar-refractivity contribution >= 4 is 17.8 Å². The van der Waals surface area contributed by atoms with Crippen LogP contribution < -0.4 is 5.32 Å². The van der Waals surface area contributed by atoms with Crippen LogP contribution in [0.4, 0.5) is 22.4 Å². The molecule has 2 heterocycles. The molecule has 2 aromatic rings. The lowest BCUT2D eigenvalue weighted by molar-refractivity contribution is -0.192. The van der Waals surface area contributed by atoms with Gasteiger partial charge in [-0.1, -0.05) is 6.07 Å². The second-order valence-electron chi connectivity index (χ2n) is 8.82. The van der Waals surface area contributed by atoms with E-state index in [-0.39, 0.29) is 17.6 Å². The summed E-state index contributed by atoms with van der Waals surface area (Å²) in [6.45, 7) is 5.06. The van der Waals surface area contributed by atoms with Crippen molar-refractivity contribution in [2.45, 2.75) is 32.5 Å². The smallest absolute Gasteiger partial charge is 0.475 e. The first-order chi connectivity index (χ1) is 17.3. The van der Waals surface area contributed by atoms with Crippen LogP contribution >= 0.6 is 0 Å². The summed E-state index contributed by atoms with van der Waals surface area (Å²) in [6, 6.07) is 9.48. The number of piperidine rings is 1. The Morgan fingerprint density at radius 3 is 2.22 bits per heavy atom. The number of carbonyl (C=O) groups excluding carboxylic acids is 2. The molecular weight excluding hydrogens is 496 g/mol. The molecule has 8 nitrogen and oxygen atoms in total. The predicted octanol–water partition coefficient (Wildman–Crippen LogP) is 3.90. The van der Waals surface area contributed by atoms with Gasteiger partial charge in [0.25, 0.3) is 0 Å². The van der Waals surface area contributed by atoms with E-state index in [2.05, 4.69) is 15.2 Å². The van der Waals surface area contributed by atoms with Crippen LogP contribution in [-0.4, -0.2) is 77.1 Å². The van der Waals surface area contributed by atoms with Crippen LogP contribution in [0.1, 0.15) is 34.5 Å². The number of aromatic nitrogens is 1. The molecule has 0 saturated carbocycles.